The van der Waals surface area contributed by atoms with E-state index in [1.807, 2.05) is 43.5 Å². The van der Waals surface area contributed by atoms with Gasteiger partial charge in [0.1, 0.15) is 12.5 Å². The van der Waals surface area contributed by atoms with Gasteiger partial charge in [0, 0.05) is 22.6 Å². The molecule has 1 fully saturated rings. The highest BCUT2D eigenvalue weighted by atomic mass is 19.1. The maximum Gasteiger partial charge on any atom is 0.123 e. The summed E-state index contributed by atoms with van der Waals surface area (Å²) in [5, 5.41) is 0.998. The van der Waals surface area contributed by atoms with Crippen molar-refractivity contribution in [2.75, 3.05) is 26.7 Å². The molecule has 0 spiro atoms. The second-order valence-electron chi connectivity index (χ2n) is 8.30. The molecule has 1 aromatic heterocycles. The van der Waals surface area contributed by atoms with E-state index in [9.17, 15) is 8.78 Å². The molecule has 1 N–H and O–H groups in total. The summed E-state index contributed by atoms with van der Waals surface area (Å²) < 4.78 is 33.2. The zero-order chi connectivity index (χ0) is 20.4. The normalized spacial score (nSPS) is 18.2. The zero-order valence-electron chi connectivity index (χ0n) is 17.1. The van der Waals surface area contributed by atoms with E-state index in [0.717, 1.165) is 48.0 Å². The summed E-state index contributed by atoms with van der Waals surface area (Å²) in [4.78, 5) is 5.58. The summed E-state index contributed by atoms with van der Waals surface area (Å²) in [6.07, 6.45) is 3.62. The molecule has 2 heterocycles. The van der Waals surface area contributed by atoms with Gasteiger partial charge in [0.05, 0.1) is 18.2 Å². The maximum absolute atomic E-state index is 13.5. The van der Waals surface area contributed by atoms with Crippen molar-refractivity contribution in [3.05, 3.63) is 71.2 Å². The van der Waals surface area contributed by atoms with Crippen LogP contribution in [-0.4, -0.2) is 36.6 Å². The number of hydrogen-bond donors (Lipinski definition) is 1. The molecule has 0 bridgehead atoms. The minimum absolute atomic E-state index is 0.138. The molecule has 154 valence electrons. The Bertz CT molecular complexity index is 959. The van der Waals surface area contributed by atoms with Gasteiger partial charge in [0.25, 0.3) is 0 Å². The molecule has 0 aliphatic carbocycles. The number of aromatic nitrogens is 1. The predicted molar refractivity (Wildman–Crippen MR) is 112 cm³/mol. The lowest BCUT2D eigenvalue weighted by atomic mass is 9.73. The van der Waals surface area contributed by atoms with E-state index in [0.29, 0.717) is 12.2 Å². The highest BCUT2D eigenvalue weighted by Gasteiger charge is 2.36. The number of H-pyrrole nitrogens is 1. The van der Waals surface area contributed by atoms with Gasteiger partial charge in [-0.2, -0.15) is 0 Å². The molecule has 1 aliphatic heterocycles. The molecule has 0 amide bonds. The van der Waals surface area contributed by atoms with Gasteiger partial charge in [0.2, 0.25) is 0 Å². The Morgan fingerprint density at radius 1 is 1.14 bits per heavy atom. The second kappa shape index (κ2) is 8.25. The molecule has 3 aromatic rings. The summed E-state index contributed by atoms with van der Waals surface area (Å²) in [5.41, 5.74) is 3.62. The number of aromatic amines is 1. The van der Waals surface area contributed by atoms with Gasteiger partial charge in [-0.1, -0.05) is 12.1 Å². The van der Waals surface area contributed by atoms with Gasteiger partial charge in [0.15, 0.2) is 0 Å². The number of likely N-dealkylation sites (tertiary alicyclic amines) is 1. The SMILES string of the molecule is CC(OCC1(c2ccc(F)cc2)CCN(C)CC1)c1cc(CF)cc2cc[nH]c12. The first-order valence-electron chi connectivity index (χ1n) is 10.2. The molecule has 2 aromatic carbocycles. The van der Waals surface area contributed by atoms with Crippen LogP contribution in [0.5, 0.6) is 0 Å². The average molecular weight is 398 g/mol. The van der Waals surface area contributed by atoms with Crippen molar-refractivity contribution in [3.63, 3.8) is 0 Å². The van der Waals surface area contributed by atoms with Crippen LogP contribution in [0.25, 0.3) is 10.9 Å². The van der Waals surface area contributed by atoms with Crippen molar-refractivity contribution in [2.45, 2.75) is 38.0 Å². The lowest BCUT2D eigenvalue weighted by Crippen LogP contribution is -2.44. The van der Waals surface area contributed by atoms with E-state index in [-0.39, 0.29) is 17.3 Å². The van der Waals surface area contributed by atoms with Gasteiger partial charge in [-0.05, 0) is 81.4 Å². The van der Waals surface area contributed by atoms with Crippen molar-refractivity contribution in [2.24, 2.45) is 0 Å². The molecular weight excluding hydrogens is 370 g/mol. The van der Waals surface area contributed by atoms with Crippen LogP contribution in [0.3, 0.4) is 0 Å². The Morgan fingerprint density at radius 2 is 1.86 bits per heavy atom. The highest BCUT2D eigenvalue weighted by molar-refractivity contribution is 5.83. The Hall–Kier alpha value is -2.24. The van der Waals surface area contributed by atoms with Crippen LogP contribution in [-0.2, 0) is 16.8 Å². The summed E-state index contributed by atoms with van der Waals surface area (Å²) >= 11 is 0. The van der Waals surface area contributed by atoms with Crippen molar-refractivity contribution in [3.8, 4) is 0 Å². The van der Waals surface area contributed by atoms with E-state index in [2.05, 4.69) is 16.9 Å². The van der Waals surface area contributed by atoms with Gasteiger partial charge < -0.3 is 14.6 Å². The third kappa shape index (κ3) is 4.07. The van der Waals surface area contributed by atoms with Crippen molar-refractivity contribution < 1.29 is 13.5 Å². The minimum Gasteiger partial charge on any atom is -0.373 e. The zero-order valence-corrected chi connectivity index (χ0v) is 17.1. The average Bonchev–Trinajstić information content (AvgIpc) is 3.22. The smallest absolute Gasteiger partial charge is 0.123 e. The lowest BCUT2D eigenvalue weighted by molar-refractivity contribution is 0.00693. The van der Waals surface area contributed by atoms with Crippen LogP contribution < -0.4 is 0 Å². The number of halogens is 2. The predicted octanol–water partition coefficient (Wildman–Crippen LogP) is 5.52. The minimum atomic E-state index is -0.493. The standard InChI is InChI=1S/C24H28F2N2O/c1-17(22-14-18(15-25)13-19-7-10-27-23(19)22)29-16-24(8-11-28(2)12-9-24)20-3-5-21(26)6-4-20/h3-7,10,13-14,17,27H,8-9,11-12,15-16H2,1-2H3. The fourth-order valence-corrected chi connectivity index (χ4v) is 4.40. The second-order valence-corrected chi connectivity index (χ2v) is 8.30. The number of ether oxygens (including phenoxy) is 1. The molecule has 5 heteroatoms. The molecule has 0 radical (unpaired) electrons. The molecule has 29 heavy (non-hydrogen) atoms. The van der Waals surface area contributed by atoms with E-state index >= 15 is 0 Å². The first kappa shape index (κ1) is 20.0. The number of hydrogen-bond acceptors (Lipinski definition) is 2. The molecule has 4 rings (SSSR count). The van der Waals surface area contributed by atoms with Crippen molar-refractivity contribution in [1.82, 2.24) is 9.88 Å². The molecular formula is C24H28F2N2O. The Balaban J connectivity index is 1.59. The summed E-state index contributed by atoms with van der Waals surface area (Å²) in [5.74, 6) is -0.219. The Labute approximate surface area is 170 Å². The molecule has 1 unspecified atom stereocenters. The lowest BCUT2D eigenvalue weighted by Gasteiger charge is -2.41. The van der Waals surface area contributed by atoms with Crippen LogP contribution in [0.2, 0.25) is 0 Å². The fraction of sp³-hybridized carbons (Fsp3) is 0.417. The van der Waals surface area contributed by atoms with Gasteiger partial charge in [-0.3, -0.25) is 0 Å². The van der Waals surface area contributed by atoms with Crippen LogP contribution >= 0.6 is 0 Å². The summed E-state index contributed by atoms with van der Waals surface area (Å²) in [6, 6.07) is 12.6. The number of fused-ring (bicyclic) bond motifs is 1. The fourth-order valence-electron chi connectivity index (χ4n) is 4.40. The van der Waals surface area contributed by atoms with E-state index < -0.39 is 6.67 Å². The highest BCUT2D eigenvalue weighted by Crippen LogP contribution is 2.38. The number of benzene rings is 2. The van der Waals surface area contributed by atoms with Gasteiger partial charge in [-0.15, -0.1) is 0 Å². The van der Waals surface area contributed by atoms with Gasteiger partial charge in [-0.25, -0.2) is 8.78 Å². The number of piperidine rings is 1. The number of nitrogens with one attached hydrogen (secondary N) is 1. The Morgan fingerprint density at radius 3 is 2.55 bits per heavy atom. The van der Waals surface area contributed by atoms with Crippen LogP contribution in [0, 0.1) is 5.82 Å². The number of nitrogens with zero attached hydrogens (tertiary/aromatic N) is 1. The van der Waals surface area contributed by atoms with Gasteiger partial charge >= 0.3 is 0 Å². The van der Waals surface area contributed by atoms with Crippen molar-refractivity contribution >= 4 is 10.9 Å². The summed E-state index contributed by atoms with van der Waals surface area (Å²) in [7, 11) is 2.13. The molecule has 1 aliphatic rings. The van der Waals surface area contributed by atoms with E-state index in [1.54, 1.807) is 0 Å². The molecule has 3 nitrogen and oxygen atoms in total. The van der Waals surface area contributed by atoms with E-state index in [1.165, 1.54) is 12.1 Å². The van der Waals surface area contributed by atoms with Crippen LogP contribution in [0.15, 0.2) is 48.7 Å². The van der Waals surface area contributed by atoms with Crippen LogP contribution in [0.4, 0.5) is 8.78 Å². The maximum atomic E-state index is 13.5. The van der Waals surface area contributed by atoms with Crippen molar-refractivity contribution in [1.29, 1.82) is 0 Å². The topological polar surface area (TPSA) is 28.3 Å². The largest absolute Gasteiger partial charge is 0.373 e. The molecule has 1 saturated heterocycles. The molecule has 0 saturated carbocycles. The van der Waals surface area contributed by atoms with E-state index in [4.69, 9.17) is 4.74 Å². The Kier molecular flexibility index (Phi) is 5.70. The third-order valence-corrected chi connectivity index (χ3v) is 6.35. The quantitative estimate of drug-likeness (QED) is 0.592. The number of rotatable bonds is 6. The van der Waals surface area contributed by atoms with Crippen LogP contribution in [0.1, 0.15) is 42.6 Å². The monoisotopic (exact) mass is 398 g/mol. The third-order valence-electron chi connectivity index (χ3n) is 6.35. The summed E-state index contributed by atoms with van der Waals surface area (Å²) in [6.45, 7) is 4.04. The first-order chi connectivity index (χ1) is 14.0. The number of alkyl halides is 1. The first-order valence-corrected chi connectivity index (χ1v) is 10.2. The molecule has 1 atom stereocenters.